The lowest BCUT2D eigenvalue weighted by atomic mass is 9.78. The topological polar surface area (TPSA) is 42.4 Å². The average Bonchev–Trinajstić information content (AvgIpc) is 2.47. The van der Waals surface area contributed by atoms with Gasteiger partial charge in [-0.1, -0.05) is 24.3 Å². The quantitative estimate of drug-likeness (QED) is 0.896. The van der Waals surface area contributed by atoms with Crippen LogP contribution in [0.2, 0.25) is 0 Å². The summed E-state index contributed by atoms with van der Waals surface area (Å²) in [6, 6.07) is 11.9. The summed E-state index contributed by atoms with van der Waals surface area (Å²) in [4.78, 5) is 4.34. The van der Waals surface area contributed by atoms with Gasteiger partial charge in [0.05, 0.1) is 7.11 Å². The summed E-state index contributed by atoms with van der Waals surface area (Å²) in [6.07, 6.45) is 3.84. The van der Waals surface area contributed by atoms with Crippen LogP contribution in [-0.2, 0) is 18.4 Å². The Morgan fingerprint density at radius 3 is 2.74 bits per heavy atom. The molecular weight excluding hydrogens is 238 g/mol. The van der Waals surface area contributed by atoms with E-state index in [0.717, 1.165) is 6.42 Å². The van der Waals surface area contributed by atoms with Crippen LogP contribution in [0.4, 0.5) is 0 Å². The van der Waals surface area contributed by atoms with Gasteiger partial charge in [0.1, 0.15) is 17.0 Å². The summed E-state index contributed by atoms with van der Waals surface area (Å²) in [6.45, 7) is 0. The smallest absolute Gasteiger partial charge is 0.143 e. The van der Waals surface area contributed by atoms with E-state index >= 15 is 0 Å². The van der Waals surface area contributed by atoms with Gasteiger partial charge in [-0.15, -0.1) is 0 Å². The van der Waals surface area contributed by atoms with Crippen molar-refractivity contribution in [2.24, 2.45) is 0 Å². The summed E-state index contributed by atoms with van der Waals surface area (Å²) >= 11 is 0. The molecule has 0 bridgehead atoms. The van der Waals surface area contributed by atoms with E-state index in [4.69, 9.17) is 4.74 Å². The van der Waals surface area contributed by atoms with Crippen LogP contribution in [0.25, 0.3) is 0 Å². The van der Waals surface area contributed by atoms with Gasteiger partial charge in [0.25, 0.3) is 0 Å². The molecule has 0 saturated heterocycles. The Labute approximate surface area is 112 Å². The standard InChI is InChI=1S/C16H17NO2/c1-19-14-7-4-10-17-15(14)16(18)9-8-12-5-2-3-6-13(12)11-16/h2-7,10,18H,8-9,11H2,1H3. The minimum atomic E-state index is -0.930. The first-order valence-corrected chi connectivity index (χ1v) is 6.51. The number of fused-ring (bicyclic) bond motifs is 1. The van der Waals surface area contributed by atoms with Crippen LogP contribution in [-0.4, -0.2) is 17.2 Å². The maximum atomic E-state index is 11.0. The maximum absolute atomic E-state index is 11.0. The number of benzene rings is 1. The number of aliphatic hydroxyl groups is 1. The van der Waals surface area contributed by atoms with Crippen molar-refractivity contribution < 1.29 is 9.84 Å². The van der Waals surface area contributed by atoms with Gasteiger partial charge in [0, 0.05) is 12.6 Å². The van der Waals surface area contributed by atoms with Crippen molar-refractivity contribution in [3.8, 4) is 5.75 Å². The molecule has 0 amide bonds. The molecule has 1 aliphatic carbocycles. The van der Waals surface area contributed by atoms with Gasteiger partial charge in [-0.3, -0.25) is 4.98 Å². The Bertz CT molecular complexity index is 597. The molecule has 1 aromatic carbocycles. The molecule has 0 fully saturated rings. The van der Waals surface area contributed by atoms with Crippen LogP contribution in [0, 0.1) is 0 Å². The van der Waals surface area contributed by atoms with E-state index in [9.17, 15) is 5.11 Å². The number of aromatic nitrogens is 1. The van der Waals surface area contributed by atoms with E-state index in [0.29, 0.717) is 24.3 Å². The zero-order chi connectivity index (χ0) is 13.3. The zero-order valence-electron chi connectivity index (χ0n) is 11.0. The third kappa shape index (κ3) is 2.10. The maximum Gasteiger partial charge on any atom is 0.143 e. The van der Waals surface area contributed by atoms with E-state index in [1.165, 1.54) is 11.1 Å². The molecule has 0 spiro atoms. The van der Waals surface area contributed by atoms with Gasteiger partial charge in [0.15, 0.2) is 0 Å². The van der Waals surface area contributed by atoms with E-state index in [2.05, 4.69) is 17.1 Å². The van der Waals surface area contributed by atoms with Gasteiger partial charge < -0.3 is 9.84 Å². The highest BCUT2D eigenvalue weighted by Crippen LogP contribution is 2.38. The van der Waals surface area contributed by atoms with Crippen molar-refractivity contribution >= 4 is 0 Å². The fourth-order valence-electron chi connectivity index (χ4n) is 2.83. The number of aryl methyl sites for hydroxylation is 1. The summed E-state index contributed by atoms with van der Waals surface area (Å²) in [5.41, 5.74) is 2.24. The Kier molecular flexibility index (Phi) is 2.99. The SMILES string of the molecule is COc1cccnc1C1(O)CCc2ccccc2C1. The van der Waals surface area contributed by atoms with Gasteiger partial charge >= 0.3 is 0 Å². The lowest BCUT2D eigenvalue weighted by Gasteiger charge is -2.33. The summed E-state index contributed by atoms with van der Waals surface area (Å²) in [5.74, 6) is 0.657. The van der Waals surface area contributed by atoms with Crippen LogP contribution < -0.4 is 4.74 Å². The Hall–Kier alpha value is -1.87. The Balaban J connectivity index is 2.01. The van der Waals surface area contributed by atoms with Gasteiger partial charge in [0.2, 0.25) is 0 Å². The second kappa shape index (κ2) is 4.67. The predicted molar refractivity (Wildman–Crippen MR) is 73.2 cm³/mol. The minimum Gasteiger partial charge on any atom is -0.495 e. The lowest BCUT2D eigenvalue weighted by Crippen LogP contribution is -2.34. The number of hydrogen-bond acceptors (Lipinski definition) is 3. The molecule has 1 N–H and O–H groups in total. The normalized spacial score (nSPS) is 21.8. The number of methoxy groups -OCH3 is 1. The zero-order valence-corrected chi connectivity index (χ0v) is 11.0. The molecule has 1 aromatic heterocycles. The third-order valence-electron chi connectivity index (χ3n) is 3.84. The number of rotatable bonds is 2. The number of pyridine rings is 1. The Morgan fingerprint density at radius 2 is 1.95 bits per heavy atom. The lowest BCUT2D eigenvalue weighted by molar-refractivity contribution is 0.0156. The van der Waals surface area contributed by atoms with E-state index < -0.39 is 5.60 Å². The van der Waals surface area contributed by atoms with Crippen LogP contribution >= 0.6 is 0 Å². The molecule has 1 unspecified atom stereocenters. The molecule has 3 heteroatoms. The summed E-state index contributed by atoms with van der Waals surface area (Å²) in [5, 5.41) is 11.0. The monoisotopic (exact) mass is 255 g/mol. The fourth-order valence-corrected chi connectivity index (χ4v) is 2.83. The van der Waals surface area contributed by atoms with E-state index in [1.54, 1.807) is 13.3 Å². The summed E-state index contributed by atoms with van der Waals surface area (Å²) < 4.78 is 5.33. The second-order valence-corrected chi connectivity index (χ2v) is 5.03. The molecular formula is C16H17NO2. The van der Waals surface area contributed by atoms with Crippen LogP contribution in [0.1, 0.15) is 23.2 Å². The van der Waals surface area contributed by atoms with Crippen LogP contribution in [0.5, 0.6) is 5.75 Å². The molecule has 1 aliphatic rings. The van der Waals surface area contributed by atoms with Crippen LogP contribution in [0.3, 0.4) is 0 Å². The van der Waals surface area contributed by atoms with Gasteiger partial charge in [-0.2, -0.15) is 0 Å². The van der Waals surface area contributed by atoms with Crippen molar-refractivity contribution in [1.29, 1.82) is 0 Å². The predicted octanol–water partition coefficient (Wildman–Crippen LogP) is 2.47. The number of ether oxygens (including phenoxy) is 1. The fraction of sp³-hybridized carbons (Fsp3) is 0.312. The highest BCUT2D eigenvalue weighted by molar-refractivity contribution is 5.38. The van der Waals surface area contributed by atoms with Gasteiger partial charge in [-0.25, -0.2) is 0 Å². The van der Waals surface area contributed by atoms with Crippen molar-refractivity contribution in [2.45, 2.75) is 24.9 Å². The highest BCUT2D eigenvalue weighted by atomic mass is 16.5. The average molecular weight is 255 g/mol. The molecule has 0 radical (unpaired) electrons. The van der Waals surface area contributed by atoms with Crippen molar-refractivity contribution in [3.05, 3.63) is 59.4 Å². The molecule has 19 heavy (non-hydrogen) atoms. The molecule has 3 rings (SSSR count). The van der Waals surface area contributed by atoms with E-state index in [1.807, 2.05) is 24.3 Å². The number of nitrogens with zero attached hydrogens (tertiary/aromatic N) is 1. The molecule has 98 valence electrons. The third-order valence-corrected chi connectivity index (χ3v) is 3.84. The minimum absolute atomic E-state index is 0.594. The molecule has 0 saturated carbocycles. The molecule has 2 aromatic rings. The molecule has 3 nitrogen and oxygen atoms in total. The highest BCUT2D eigenvalue weighted by Gasteiger charge is 2.37. The first-order valence-electron chi connectivity index (χ1n) is 6.51. The van der Waals surface area contributed by atoms with Crippen molar-refractivity contribution in [2.75, 3.05) is 7.11 Å². The second-order valence-electron chi connectivity index (χ2n) is 5.03. The first kappa shape index (κ1) is 12.2. The largest absolute Gasteiger partial charge is 0.495 e. The molecule has 0 aliphatic heterocycles. The molecule has 1 heterocycles. The van der Waals surface area contributed by atoms with Crippen molar-refractivity contribution in [3.63, 3.8) is 0 Å². The van der Waals surface area contributed by atoms with E-state index in [-0.39, 0.29) is 0 Å². The Morgan fingerprint density at radius 1 is 1.16 bits per heavy atom. The first-order chi connectivity index (χ1) is 9.23. The number of hydrogen-bond donors (Lipinski definition) is 1. The summed E-state index contributed by atoms with van der Waals surface area (Å²) in [7, 11) is 1.61. The molecule has 1 atom stereocenters. The van der Waals surface area contributed by atoms with Crippen LogP contribution in [0.15, 0.2) is 42.6 Å². The van der Waals surface area contributed by atoms with Gasteiger partial charge in [-0.05, 0) is 36.1 Å². The van der Waals surface area contributed by atoms with Crippen molar-refractivity contribution in [1.82, 2.24) is 4.98 Å².